The topological polar surface area (TPSA) is 108 Å². The Bertz CT molecular complexity index is 305. The number of amides is 3. The summed E-state index contributed by atoms with van der Waals surface area (Å²) in [4.78, 5) is 33.3. The van der Waals surface area contributed by atoms with Gasteiger partial charge in [-0.1, -0.05) is 13.8 Å². The zero-order valence-corrected chi connectivity index (χ0v) is 10.9. The quantitative estimate of drug-likeness (QED) is 0.513. The zero-order valence-electron chi connectivity index (χ0n) is 10.9. The van der Waals surface area contributed by atoms with E-state index >= 15 is 0 Å². The highest BCUT2D eigenvalue weighted by Crippen LogP contribution is 2.04. The van der Waals surface area contributed by atoms with E-state index in [1.165, 1.54) is 0 Å². The fourth-order valence-corrected chi connectivity index (χ4v) is 1.32. The third kappa shape index (κ3) is 7.48. The first-order valence-electron chi connectivity index (χ1n) is 5.90. The van der Waals surface area contributed by atoms with Crippen molar-refractivity contribution in [2.75, 3.05) is 13.1 Å². The SMILES string of the molecule is CCNC(=O)CNC(=O)NC(CC(C)C)C(=O)O. The van der Waals surface area contributed by atoms with Crippen molar-refractivity contribution in [2.24, 2.45) is 5.92 Å². The van der Waals surface area contributed by atoms with Crippen LogP contribution in [0.25, 0.3) is 0 Å². The highest BCUT2D eigenvalue weighted by atomic mass is 16.4. The molecule has 7 heteroatoms. The Kier molecular flexibility index (Phi) is 7.50. The molecule has 0 rings (SSSR count). The molecule has 0 saturated heterocycles. The molecule has 0 spiro atoms. The van der Waals surface area contributed by atoms with E-state index < -0.39 is 18.0 Å². The molecule has 7 nitrogen and oxygen atoms in total. The summed E-state index contributed by atoms with van der Waals surface area (Å²) in [5.41, 5.74) is 0. The average molecular weight is 259 g/mol. The van der Waals surface area contributed by atoms with Gasteiger partial charge in [-0.05, 0) is 19.3 Å². The lowest BCUT2D eigenvalue weighted by atomic mass is 10.0. The van der Waals surface area contributed by atoms with E-state index in [0.717, 1.165) is 0 Å². The number of urea groups is 1. The minimum Gasteiger partial charge on any atom is -0.480 e. The molecule has 0 aliphatic rings. The van der Waals surface area contributed by atoms with E-state index in [-0.39, 0.29) is 18.4 Å². The Morgan fingerprint density at radius 2 is 1.78 bits per heavy atom. The maximum absolute atomic E-state index is 11.4. The Labute approximate surface area is 106 Å². The number of nitrogens with one attached hydrogen (secondary N) is 3. The first-order valence-corrected chi connectivity index (χ1v) is 5.90. The molecular weight excluding hydrogens is 238 g/mol. The van der Waals surface area contributed by atoms with Crippen molar-refractivity contribution in [2.45, 2.75) is 33.2 Å². The van der Waals surface area contributed by atoms with E-state index in [2.05, 4.69) is 16.0 Å². The Morgan fingerprint density at radius 3 is 2.22 bits per heavy atom. The number of aliphatic carboxylic acids is 1. The van der Waals surface area contributed by atoms with Crippen molar-refractivity contribution in [3.8, 4) is 0 Å². The highest BCUT2D eigenvalue weighted by Gasteiger charge is 2.20. The lowest BCUT2D eigenvalue weighted by molar-refractivity contribution is -0.139. The van der Waals surface area contributed by atoms with Crippen LogP contribution in [-0.4, -0.2) is 42.1 Å². The van der Waals surface area contributed by atoms with Gasteiger partial charge in [-0.2, -0.15) is 0 Å². The lowest BCUT2D eigenvalue weighted by Crippen LogP contribution is -2.48. The summed E-state index contributed by atoms with van der Waals surface area (Å²) in [6, 6.07) is -1.60. The molecule has 0 bridgehead atoms. The first kappa shape index (κ1) is 16.2. The summed E-state index contributed by atoms with van der Waals surface area (Å²) < 4.78 is 0. The predicted molar refractivity (Wildman–Crippen MR) is 66.1 cm³/mol. The number of carbonyl (C=O) groups excluding carboxylic acids is 2. The molecule has 0 aromatic carbocycles. The lowest BCUT2D eigenvalue weighted by Gasteiger charge is -2.16. The Morgan fingerprint density at radius 1 is 1.17 bits per heavy atom. The molecule has 0 aromatic rings. The van der Waals surface area contributed by atoms with E-state index in [1.54, 1.807) is 6.92 Å². The van der Waals surface area contributed by atoms with Gasteiger partial charge in [0.2, 0.25) is 5.91 Å². The van der Waals surface area contributed by atoms with Gasteiger partial charge in [0.1, 0.15) is 6.04 Å². The molecule has 104 valence electrons. The molecule has 1 atom stereocenters. The monoisotopic (exact) mass is 259 g/mol. The van der Waals surface area contributed by atoms with Crippen LogP contribution < -0.4 is 16.0 Å². The van der Waals surface area contributed by atoms with Crippen LogP contribution in [0.3, 0.4) is 0 Å². The van der Waals surface area contributed by atoms with Gasteiger partial charge in [-0.15, -0.1) is 0 Å². The number of carboxylic acid groups (broad SMARTS) is 1. The van der Waals surface area contributed by atoms with Crippen molar-refractivity contribution >= 4 is 17.9 Å². The largest absolute Gasteiger partial charge is 0.480 e. The van der Waals surface area contributed by atoms with E-state index in [9.17, 15) is 14.4 Å². The van der Waals surface area contributed by atoms with Crippen molar-refractivity contribution in [3.05, 3.63) is 0 Å². The van der Waals surface area contributed by atoms with E-state index in [4.69, 9.17) is 5.11 Å². The van der Waals surface area contributed by atoms with Gasteiger partial charge in [-0.3, -0.25) is 4.79 Å². The second-order valence-corrected chi connectivity index (χ2v) is 4.30. The smallest absolute Gasteiger partial charge is 0.326 e. The predicted octanol–water partition coefficient (Wildman–Crippen LogP) is -0.0790. The van der Waals surface area contributed by atoms with Gasteiger partial charge in [0.25, 0.3) is 0 Å². The standard InChI is InChI=1S/C11H21N3O4/c1-4-12-9(15)6-13-11(18)14-8(10(16)17)5-7(2)3/h7-8H,4-6H2,1-3H3,(H,12,15)(H,16,17)(H2,13,14,18). The summed E-state index contributed by atoms with van der Waals surface area (Å²) in [6.45, 7) is 5.80. The molecule has 0 heterocycles. The molecule has 0 saturated carbocycles. The van der Waals surface area contributed by atoms with Gasteiger partial charge in [0.05, 0.1) is 6.54 Å². The van der Waals surface area contributed by atoms with Crippen LogP contribution in [0.1, 0.15) is 27.2 Å². The fraction of sp³-hybridized carbons (Fsp3) is 0.727. The Balaban J connectivity index is 4.10. The molecule has 3 amide bonds. The third-order valence-electron chi connectivity index (χ3n) is 2.09. The number of likely N-dealkylation sites (N-methyl/N-ethyl adjacent to an activating group) is 1. The van der Waals surface area contributed by atoms with Crippen LogP contribution in [-0.2, 0) is 9.59 Å². The summed E-state index contributed by atoms with van der Waals surface area (Å²) in [5, 5.41) is 16.0. The van der Waals surface area contributed by atoms with Gasteiger partial charge in [-0.25, -0.2) is 9.59 Å². The van der Waals surface area contributed by atoms with Crippen molar-refractivity contribution in [3.63, 3.8) is 0 Å². The summed E-state index contributed by atoms with van der Waals surface area (Å²) in [7, 11) is 0. The van der Waals surface area contributed by atoms with Crippen LogP contribution in [0, 0.1) is 5.92 Å². The highest BCUT2D eigenvalue weighted by molar-refractivity contribution is 5.86. The number of hydrogen-bond acceptors (Lipinski definition) is 3. The zero-order chi connectivity index (χ0) is 14.1. The minimum atomic E-state index is -1.09. The number of carboxylic acids is 1. The average Bonchev–Trinajstić information content (AvgIpc) is 2.25. The summed E-state index contributed by atoms with van der Waals surface area (Å²) in [5.74, 6) is -1.25. The van der Waals surface area contributed by atoms with Crippen molar-refractivity contribution < 1.29 is 19.5 Å². The molecule has 0 aliphatic carbocycles. The van der Waals surface area contributed by atoms with E-state index in [1.807, 2.05) is 13.8 Å². The second kappa shape index (κ2) is 8.32. The van der Waals surface area contributed by atoms with Gasteiger partial charge >= 0.3 is 12.0 Å². The maximum atomic E-state index is 11.4. The number of rotatable bonds is 7. The molecule has 1 unspecified atom stereocenters. The number of hydrogen-bond donors (Lipinski definition) is 4. The Hall–Kier alpha value is -1.79. The maximum Gasteiger partial charge on any atom is 0.326 e. The van der Waals surface area contributed by atoms with Crippen LogP contribution in [0.15, 0.2) is 0 Å². The van der Waals surface area contributed by atoms with Crippen LogP contribution >= 0.6 is 0 Å². The molecule has 0 radical (unpaired) electrons. The van der Waals surface area contributed by atoms with Crippen LogP contribution in [0.4, 0.5) is 4.79 Å². The van der Waals surface area contributed by atoms with Crippen molar-refractivity contribution in [1.82, 2.24) is 16.0 Å². The van der Waals surface area contributed by atoms with Crippen LogP contribution in [0.2, 0.25) is 0 Å². The molecule has 0 aromatic heterocycles. The number of carbonyl (C=O) groups is 3. The van der Waals surface area contributed by atoms with E-state index in [0.29, 0.717) is 13.0 Å². The molecule has 0 aliphatic heterocycles. The molecule has 18 heavy (non-hydrogen) atoms. The summed E-state index contributed by atoms with van der Waals surface area (Å²) >= 11 is 0. The van der Waals surface area contributed by atoms with Crippen LogP contribution in [0.5, 0.6) is 0 Å². The molecule has 4 N–H and O–H groups in total. The van der Waals surface area contributed by atoms with Gasteiger partial charge < -0.3 is 21.1 Å². The van der Waals surface area contributed by atoms with Crippen molar-refractivity contribution in [1.29, 1.82) is 0 Å². The molecular formula is C11H21N3O4. The third-order valence-corrected chi connectivity index (χ3v) is 2.09. The molecule has 0 fully saturated rings. The van der Waals surface area contributed by atoms with Gasteiger partial charge in [0.15, 0.2) is 0 Å². The normalized spacial score (nSPS) is 11.8. The first-order chi connectivity index (χ1) is 8.36. The summed E-state index contributed by atoms with van der Waals surface area (Å²) in [6.07, 6.45) is 0.337. The van der Waals surface area contributed by atoms with Gasteiger partial charge in [0, 0.05) is 6.54 Å². The second-order valence-electron chi connectivity index (χ2n) is 4.30. The fourth-order valence-electron chi connectivity index (χ4n) is 1.32. The minimum absolute atomic E-state index is 0.148.